The van der Waals surface area contributed by atoms with Crippen LogP contribution in [0.5, 0.6) is 0 Å². The average Bonchev–Trinajstić information content (AvgIpc) is 2.59. The van der Waals surface area contributed by atoms with Crippen molar-refractivity contribution in [3.63, 3.8) is 0 Å². The van der Waals surface area contributed by atoms with Gasteiger partial charge in [0, 0.05) is 20.3 Å². The molecule has 2 N–H and O–H groups in total. The zero-order valence-electron chi connectivity index (χ0n) is 11.8. The minimum atomic E-state index is -0.944. The minimum absolute atomic E-state index is 0.273. The second-order valence-corrected chi connectivity index (χ2v) is 4.41. The average molecular weight is 264 g/mol. The largest absolute Gasteiger partial charge is 0.478 e. The number of aryl methyl sites for hydroxylation is 1. The molecule has 0 aliphatic heterocycles. The van der Waals surface area contributed by atoms with Gasteiger partial charge in [0.2, 0.25) is 0 Å². The highest BCUT2D eigenvalue weighted by atomic mass is 16.4. The van der Waals surface area contributed by atoms with Crippen LogP contribution in [-0.2, 0) is 6.54 Å². The number of aromatic nitrogens is 2. The van der Waals surface area contributed by atoms with Crippen molar-refractivity contribution < 1.29 is 9.90 Å². The monoisotopic (exact) mass is 264 g/mol. The maximum Gasteiger partial charge on any atom is 0.339 e. The van der Waals surface area contributed by atoms with Crippen LogP contribution in [0.1, 0.15) is 21.7 Å². The summed E-state index contributed by atoms with van der Waals surface area (Å²) in [5.74, 6) is -0.944. The van der Waals surface area contributed by atoms with Gasteiger partial charge in [-0.05, 0) is 20.0 Å². The normalized spacial score (nSPS) is 11.3. The van der Waals surface area contributed by atoms with E-state index in [2.05, 4.69) is 17.0 Å². The molecule has 1 heterocycles. The lowest BCUT2D eigenvalue weighted by molar-refractivity contribution is 0.0695. The van der Waals surface area contributed by atoms with E-state index in [1.165, 1.54) is 0 Å². The van der Waals surface area contributed by atoms with E-state index in [9.17, 15) is 4.79 Å². The Bertz CT molecular complexity index is 515. The van der Waals surface area contributed by atoms with Crippen molar-refractivity contribution in [3.8, 4) is 0 Å². The Morgan fingerprint density at radius 1 is 1.53 bits per heavy atom. The summed E-state index contributed by atoms with van der Waals surface area (Å²) in [7, 11) is 3.83. The Hall–Kier alpha value is -2.24. The van der Waals surface area contributed by atoms with E-state index in [1.54, 1.807) is 24.7 Å². The topological polar surface area (TPSA) is 70.4 Å². The first-order chi connectivity index (χ1) is 8.88. The maximum atomic E-state index is 11.1. The molecule has 19 heavy (non-hydrogen) atoms. The summed E-state index contributed by atoms with van der Waals surface area (Å²) in [4.78, 5) is 13.1. The molecule has 6 heteroatoms. The van der Waals surface area contributed by atoms with Crippen LogP contribution in [0.3, 0.4) is 0 Å². The molecule has 0 amide bonds. The number of rotatable bonds is 6. The summed E-state index contributed by atoms with van der Waals surface area (Å²) in [6.45, 7) is 7.54. The molecule has 1 rings (SSSR count). The van der Waals surface area contributed by atoms with Crippen molar-refractivity contribution >= 4 is 5.97 Å². The van der Waals surface area contributed by atoms with Gasteiger partial charge in [0.05, 0.1) is 23.6 Å². The number of carbonyl (C=O) groups is 1. The molecular formula is C13H20N4O2. The zero-order chi connectivity index (χ0) is 14.6. The predicted octanol–water partition coefficient (Wildman–Crippen LogP) is 1.33. The van der Waals surface area contributed by atoms with Crippen molar-refractivity contribution in [3.05, 3.63) is 41.6 Å². The Kier molecular flexibility index (Phi) is 4.74. The second-order valence-electron chi connectivity index (χ2n) is 4.41. The lowest BCUT2D eigenvalue weighted by atomic mass is 10.2. The molecule has 0 atom stereocenters. The third-order valence-electron chi connectivity index (χ3n) is 2.85. The molecule has 0 radical (unpaired) electrons. The van der Waals surface area contributed by atoms with E-state index < -0.39 is 5.97 Å². The molecule has 0 spiro atoms. The molecule has 0 saturated heterocycles. The van der Waals surface area contributed by atoms with Gasteiger partial charge >= 0.3 is 5.97 Å². The van der Waals surface area contributed by atoms with E-state index in [0.717, 1.165) is 5.70 Å². The van der Waals surface area contributed by atoms with E-state index in [4.69, 9.17) is 5.11 Å². The first kappa shape index (κ1) is 14.8. The number of nitrogens with zero attached hydrogens (tertiary/aromatic N) is 3. The third-order valence-corrected chi connectivity index (χ3v) is 2.85. The van der Waals surface area contributed by atoms with Gasteiger partial charge < -0.3 is 15.3 Å². The zero-order valence-corrected chi connectivity index (χ0v) is 11.8. The summed E-state index contributed by atoms with van der Waals surface area (Å²) >= 11 is 0. The minimum Gasteiger partial charge on any atom is -0.478 e. The van der Waals surface area contributed by atoms with E-state index in [1.807, 2.05) is 25.2 Å². The van der Waals surface area contributed by atoms with E-state index in [-0.39, 0.29) is 5.56 Å². The van der Waals surface area contributed by atoms with Crippen LogP contribution in [0, 0.1) is 13.8 Å². The van der Waals surface area contributed by atoms with Crippen LogP contribution < -0.4 is 5.32 Å². The number of hydrogen-bond acceptors (Lipinski definition) is 4. The number of likely N-dealkylation sites (N-methyl/N-ethyl adjacent to an activating group) is 1. The Labute approximate surface area is 113 Å². The van der Waals surface area contributed by atoms with Gasteiger partial charge in [0.15, 0.2) is 0 Å². The number of allylic oxidation sites excluding steroid dienone is 1. The fourth-order valence-corrected chi connectivity index (χ4v) is 1.79. The molecule has 0 unspecified atom stereocenters. The van der Waals surface area contributed by atoms with Gasteiger partial charge in [-0.25, -0.2) is 4.79 Å². The van der Waals surface area contributed by atoms with Crippen molar-refractivity contribution in [2.75, 3.05) is 14.1 Å². The number of carboxylic acids is 1. The van der Waals surface area contributed by atoms with E-state index in [0.29, 0.717) is 17.9 Å². The Morgan fingerprint density at radius 2 is 2.16 bits per heavy atom. The molecule has 0 aliphatic rings. The smallest absolute Gasteiger partial charge is 0.339 e. The highest BCUT2D eigenvalue weighted by Crippen LogP contribution is 2.14. The van der Waals surface area contributed by atoms with Crippen molar-refractivity contribution in [2.45, 2.75) is 20.4 Å². The lowest BCUT2D eigenvalue weighted by Gasteiger charge is -2.18. The van der Waals surface area contributed by atoms with Crippen molar-refractivity contribution in [2.24, 2.45) is 0 Å². The first-order valence-corrected chi connectivity index (χ1v) is 5.89. The molecule has 104 valence electrons. The van der Waals surface area contributed by atoms with Gasteiger partial charge in [-0.2, -0.15) is 5.10 Å². The number of aromatic carboxylic acids is 1. The van der Waals surface area contributed by atoms with Crippen LogP contribution in [0.15, 0.2) is 24.7 Å². The van der Waals surface area contributed by atoms with Crippen LogP contribution in [0.2, 0.25) is 0 Å². The third kappa shape index (κ3) is 3.37. The molecule has 0 saturated carbocycles. The highest BCUT2D eigenvalue weighted by Gasteiger charge is 2.18. The Morgan fingerprint density at radius 3 is 2.58 bits per heavy atom. The second kappa shape index (κ2) is 6.08. The van der Waals surface area contributed by atoms with E-state index >= 15 is 0 Å². The fourth-order valence-electron chi connectivity index (χ4n) is 1.79. The van der Waals surface area contributed by atoms with Crippen molar-refractivity contribution in [1.29, 1.82) is 0 Å². The van der Waals surface area contributed by atoms with Crippen LogP contribution >= 0.6 is 0 Å². The standard InChI is InChI=1S/C13H20N4O2/c1-6-14-7-11(16(4)5)8-17-10(3)12(13(18)19)9(2)15-17/h6-7,14H,1,8H2,2-5H3,(H,18,19)/b11-7-. The van der Waals surface area contributed by atoms with Crippen molar-refractivity contribution in [1.82, 2.24) is 20.0 Å². The van der Waals surface area contributed by atoms with Crippen LogP contribution in [-0.4, -0.2) is 39.9 Å². The molecular weight excluding hydrogens is 244 g/mol. The molecule has 0 aromatic carbocycles. The van der Waals surface area contributed by atoms with Crippen LogP contribution in [0.25, 0.3) is 0 Å². The summed E-state index contributed by atoms with van der Waals surface area (Å²) in [5.41, 5.74) is 2.41. The van der Waals surface area contributed by atoms with Gasteiger partial charge in [0.25, 0.3) is 0 Å². The van der Waals surface area contributed by atoms with Gasteiger partial charge in [-0.3, -0.25) is 4.68 Å². The lowest BCUT2D eigenvalue weighted by Crippen LogP contribution is -2.20. The quantitative estimate of drug-likeness (QED) is 0.811. The molecule has 1 aromatic heterocycles. The molecule has 0 fully saturated rings. The fraction of sp³-hybridized carbons (Fsp3) is 0.385. The summed E-state index contributed by atoms with van der Waals surface area (Å²) < 4.78 is 1.69. The first-order valence-electron chi connectivity index (χ1n) is 5.89. The SMILES string of the molecule is C=CN/C=C(/Cn1nc(C)c(C(=O)O)c1C)N(C)C. The Balaban J connectivity index is 3.08. The summed E-state index contributed by atoms with van der Waals surface area (Å²) in [6, 6.07) is 0. The highest BCUT2D eigenvalue weighted by molar-refractivity contribution is 5.90. The number of hydrogen-bond donors (Lipinski definition) is 2. The predicted molar refractivity (Wildman–Crippen MR) is 73.8 cm³/mol. The maximum absolute atomic E-state index is 11.1. The van der Waals surface area contributed by atoms with Crippen LogP contribution in [0.4, 0.5) is 0 Å². The molecule has 0 bridgehead atoms. The van der Waals surface area contributed by atoms with Gasteiger partial charge in [0.1, 0.15) is 5.56 Å². The summed E-state index contributed by atoms with van der Waals surface area (Å²) in [5, 5.41) is 16.3. The number of carboxylic acid groups (broad SMARTS) is 1. The van der Waals surface area contributed by atoms with Gasteiger partial charge in [-0.1, -0.05) is 6.58 Å². The molecule has 6 nitrogen and oxygen atoms in total. The number of nitrogens with one attached hydrogen (secondary N) is 1. The van der Waals surface area contributed by atoms with Gasteiger partial charge in [-0.15, -0.1) is 0 Å². The summed E-state index contributed by atoms with van der Waals surface area (Å²) in [6.07, 6.45) is 3.39. The molecule has 0 aliphatic carbocycles. The molecule has 1 aromatic rings.